The number of piperazine rings is 1. The Morgan fingerprint density at radius 2 is 1.71 bits per heavy atom. The van der Waals surface area contributed by atoms with Crippen molar-refractivity contribution in [2.24, 2.45) is 4.99 Å². The average molecular weight is 530 g/mol. The fourth-order valence-electron chi connectivity index (χ4n) is 2.58. The molecule has 1 fully saturated rings. The van der Waals surface area contributed by atoms with Crippen LogP contribution in [-0.2, 0) is 4.74 Å². The second kappa shape index (κ2) is 13.0. The normalized spacial score (nSPS) is 16.4. The van der Waals surface area contributed by atoms with E-state index in [9.17, 15) is 4.79 Å². The number of nitrogens with one attached hydrogen (secondary N) is 2. The molecule has 0 aromatic heterocycles. The Labute approximate surface area is 192 Å². The molecule has 0 unspecified atom stereocenters. The van der Waals surface area contributed by atoms with Gasteiger partial charge in [-0.25, -0.2) is 4.79 Å². The molecule has 0 aliphatic carbocycles. The van der Waals surface area contributed by atoms with E-state index in [-0.39, 0.29) is 34.8 Å². The smallest absolute Gasteiger partial charge is 0.410 e. The van der Waals surface area contributed by atoms with Crippen molar-refractivity contribution in [1.29, 1.82) is 0 Å². The van der Waals surface area contributed by atoms with Crippen molar-refractivity contribution in [3.8, 4) is 0 Å². The molecule has 1 amide bonds. The predicted molar refractivity (Wildman–Crippen MR) is 131 cm³/mol. The molecule has 0 aromatic carbocycles. The fraction of sp³-hybridized carbons (Fsp3) is 0.895. The maximum atomic E-state index is 12.1. The minimum atomic E-state index is -0.433. The van der Waals surface area contributed by atoms with Crippen LogP contribution in [0.1, 0.15) is 41.0 Å². The van der Waals surface area contributed by atoms with Crippen molar-refractivity contribution in [2.45, 2.75) is 51.4 Å². The molecule has 1 heterocycles. The van der Waals surface area contributed by atoms with Crippen molar-refractivity contribution < 1.29 is 9.53 Å². The molecule has 0 atom stereocenters. The molecular weight excluding hydrogens is 489 g/mol. The SMILES string of the molecule is CN=C(NCCCN1CCN(C(=O)OC(C)(C)C)CC1)NCC(C)(C)SC.I. The van der Waals surface area contributed by atoms with Crippen molar-refractivity contribution in [2.75, 3.05) is 59.1 Å². The fourth-order valence-corrected chi connectivity index (χ4v) is 2.80. The van der Waals surface area contributed by atoms with Crippen LogP contribution in [0.2, 0.25) is 0 Å². The molecule has 1 aliphatic rings. The lowest BCUT2D eigenvalue weighted by Gasteiger charge is -2.35. The summed E-state index contributed by atoms with van der Waals surface area (Å²) in [4.78, 5) is 20.6. The first-order valence-electron chi connectivity index (χ1n) is 9.76. The van der Waals surface area contributed by atoms with E-state index < -0.39 is 5.60 Å². The van der Waals surface area contributed by atoms with E-state index in [0.29, 0.717) is 0 Å². The Balaban J connectivity index is 0.00000729. The monoisotopic (exact) mass is 529 g/mol. The lowest BCUT2D eigenvalue weighted by Crippen LogP contribution is -2.50. The third kappa shape index (κ3) is 11.5. The van der Waals surface area contributed by atoms with Crippen LogP contribution < -0.4 is 10.6 Å². The molecule has 0 spiro atoms. The molecule has 1 aliphatic heterocycles. The summed E-state index contributed by atoms with van der Waals surface area (Å²) in [5.74, 6) is 0.854. The Bertz CT molecular complexity index is 489. The van der Waals surface area contributed by atoms with Gasteiger partial charge < -0.3 is 20.3 Å². The molecule has 0 bridgehead atoms. The number of halogens is 1. The van der Waals surface area contributed by atoms with E-state index in [1.54, 1.807) is 11.9 Å². The van der Waals surface area contributed by atoms with Gasteiger partial charge in [-0.1, -0.05) is 0 Å². The van der Waals surface area contributed by atoms with E-state index in [1.165, 1.54) is 0 Å². The molecule has 7 nitrogen and oxygen atoms in total. The van der Waals surface area contributed by atoms with Crippen LogP contribution in [0.4, 0.5) is 4.79 Å². The summed E-state index contributed by atoms with van der Waals surface area (Å²) in [6, 6.07) is 0. The highest BCUT2D eigenvalue weighted by atomic mass is 127. The zero-order chi connectivity index (χ0) is 20.5. The first-order chi connectivity index (χ1) is 12.6. The zero-order valence-corrected chi connectivity index (χ0v) is 21.8. The average Bonchev–Trinajstić information content (AvgIpc) is 2.60. The van der Waals surface area contributed by atoms with Crippen molar-refractivity contribution >= 4 is 47.8 Å². The highest BCUT2D eigenvalue weighted by Gasteiger charge is 2.25. The topological polar surface area (TPSA) is 69.2 Å². The first kappa shape index (κ1) is 27.6. The number of carbonyl (C=O) groups is 1. The molecule has 9 heteroatoms. The number of amides is 1. The molecule has 0 saturated carbocycles. The van der Waals surface area contributed by atoms with Gasteiger partial charge in [0.15, 0.2) is 5.96 Å². The van der Waals surface area contributed by atoms with Gasteiger partial charge >= 0.3 is 6.09 Å². The Hall–Kier alpha value is -0.420. The van der Waals surface area contributed by atoms with Crippen LogP contribution in [0.25, 0.3) is 0 Å². The summed E-state index contributed by atoms with van der Waals surface area (Å²) in [6.07, 6.45) is 2.96. The zero-order valence-electron chi connectivity index (χ0n) is 18.6. The first-order valence-corrected chi connectivity index (χ1v) is 11.0. The van der Waals surface area contributed by atoms with Gasteiger partial charge in [-0.2, -0.15) is 11.8 Å². The second-order valence-corrected chi connectivity index (χ2v) is 9.99. The van der Waals surface area contributed by atoms with E-state index in [2.05, 4.69) is 40.6 Å². The summed E-state index contributed by atoms with van der Waals surface area (Å²) in [6.45, 7) is 16.2. The van der Waals surface area contributed by atoms with Crippen LogP contribution in [0, 0.1) is 0 Å². The molecule has 1 rings (SSSR count). The van der Waals surface area contributed by atoms with E-state index in [0.717, 1.165) is 58.2 Å². The van der Waals surface area contributed by atoms with Gasteiger partial charge in [0.05, 0.1) is 0 Å². The number of thioether (sulfide) groups is 1. The van der Waals surface area contributed by atoms with Gasteiger partial charge in [0.1, 0.15) is 5.60 Å². The van der Waals surface area contributed by atoms with Crippen LogP contribution >= 0.6 is 35.7 Å². The van der Waals surface area contributed by atoms with Crippen LogP contribution in [0.5, 0.6) is 0 Å². The highest BCUT2D eigenvalue weighted by Crippen LogP contribution is 2.19. The molecule has 166 valence electrons. The molecule has 0 radical (unpaired) electrons. The van der Waals surface area contributed by atoms with Gasteiger partial charge in [-0.05, 0) is 53.8 Å². The maximum absolute atomic E-state index is 12.1. The number of carbonyl (C=O) groups excluding carboxylic acids is 1. The standard InChI is InChI=1S/C19H39N5O2S.HI/c1-18(2,3)26-17(25)24-13-11-23(12-14-24)10-8-9-21-16(20-6)22-15-19(4,5)27-7;/h8-15H2,1-7H3,(H2,20,21,22);1H. The Morgan fingerprint density at radius 3 is 2.21 bits per heavy atom. The summed E-state index contributed by atoms with van der Waals surface area (Å²) in [5, 5.41) is 6.76. The summed E-state index contributed by atoms with van der Waals surface area (Å²) in [7, 11) is 1.80. The van der Waals surface area contributed by atoms with Gasteiger partial charge in [0.2, 0.25) is 0 Å². The van der Waals surface area contributed by atoms with Gasteiger partial charge in [-0.15, -0.1) is 24.0 Å². The number of aliphatic imine (C=N–C) groups is 1. The maximum Gasteiger partial charge on any atom is 0.410 e. The van der Waals surface area contributed by atoms with E-state index in [4.69, 9.17) is 4.74 Å². The third-order valence-electron chi connectivity index (χ3n) is 4.43. The molecule has 0 aromatic rings. The molecule has 2 N–H and O–H groups in total. The minimum Gasteiger partial charge on any atom is -0.444 e. The van der Waals surface area contributed by atoms with Gasteiger partial charge in [0.25, 0.3) is 0 Å². The summed E-state index contributed by atoms with van der Waals surface area (Å²) < 4.78 is 5.63. The van der Waals surface area contributed by atoms with Gasteiger partial charge in [0, 0.05) is 51.1 Å². The van der Waals surface area contributed by atoms with E-state index in [1.807, 2.05) is 32.5 Å². The molecule has 1 saturated heterocycles. The number of guanidine groups is 1. The minimum absolute atomic E-state index is 0. The molecule has 28 heavy (non-hydrogen) atoms. The van der Waals surface area contributed by atoms with Crippen LogP contribution in [-0.4, -0.2) is 91.3 Å². The number of nitrogens with zero attached hydrogens (tertiary/aromatic N) is 3. The third-order valence-corrected chi connectivity index (χ3v) is 5.67. The lowest BCUT2D eigenvalue weighted by molar-refractivity contribution is 0.0145. The van der Waals surface area contributed by atoms with Gasteiger partial charge in [-0.3, -0.25) is 9.89 Å². The largest absolute Gasteiger partial charge is 0.444 e. The number of hydrogen-bond donors (Lipinski definition) is 2. The number of rotatable bonds is 7. The number of hydrogen-bond acceptors (Lipinski definition) is 5. The summed E-state index contributed by atoms with van der Waals surface area (Å²) >= 11 is 1.84. The second-order valence-electron chi connectivity index (χ2n) is 8.48. The van der Waals surface area contributed by atoms with Crippen LogP contribution in [0.15, 0.2) is 4.99 Å². The number of ether oxygens (including phenoxy) is 1. The predicted octanol–water partition coefficient (Wildman–Crippen LogP) is 2.85. The van der Waals surface area contributed by atoms with Crippen molar-refractivity contribution in [3.63, 3.8) is 0 Å². The quantitative estimate of drug-likeness (QED) is 0.229. The highest BCUT2D eigenvalue weighted by molar-refractivity contribution is 14.0. The lowest BCUT2D eigenvalue weighted by atomic mass is 10.2. The summed E-state index contributed by atoms with van der Waals surface area (Å²) in [5.41, 5.74) is -0.433. The van der Waals surface area contributed by atoms with Crippen molar-refractivity contribution in [3.05, 3.63) is 0 Å². The van der Waals surface area contributed by atoms with Crippen molar-refractivity contribution in [1.82, 2.24) is 20.4 Å². The Kier molecular flexibility index (Phi) is 12.8. The Morgan fingerprint density at radius 1 is 1.11 bits per heavy atom. The molecular formula is C19H40IN5O2S. The van der Waals surface area contributed by atoms with Crippen LogP contribution in [0.3, 0.4) is 0 Å². The van der Waals surface area contributed by atoms with E-state index >= 15 is 0 Å².